The van der Waals surface area contributed by atoms with Crippen LogP contribution < -0.4 is 5.32 Å². The van der Waals surface area contributed by atoms with Crippen molar-refractivity contribution < 1.29 is 9.13 Å². The predicted octanol–water partition coefficient (Wildman–Crippen LogP) is 3.68. The lowest BCUT2D eigenvalue weighted by molar-refractivity contribution is 0.0865. The summed E-state index contributed by atoms with van der Waals surface area (Å²) in [6.45, 7) is 6.20. The molecule has 3 atom stereocenters. The summed E-state index contributed by atoms with van der Waals surface area (Å²) in [5, 5.41) is 3.61. The first-order valence-electron chi connectivity index (χ1n) is 7.35. The van der Waals surface area contributed by atoms with Crippen LogP contribution in [0.25, 0.3) is 0 Å². The molecule has 0 amide bonds. The van der Waals surface area contributed by atoms with Crippen LogP contribution in [0.15, 0.2) is 24.3 Å². The third-order valence-electron chi connectivity index (χ3n) is 4.06. The van der Waals surface area contributed by atoms with Crippen LogP contribution in [-0.2, 0) is 4.74 Å². The first-order valence-corrected chi connectivity index (χ1v) is 7.35. The van der Waals surface area contributed by atoms with Crippen molar-refractivity contribution in [3.8, 4) is 0 Å². The maximum atomic E-state index is 12.9. The number of nitrogens with one attached hydrogen (secondary N) is 1. The Morgan fingerprint density at radius 3 is 2.68 bits per heavy atom. The fourth-order valence-corrected chi connectivity index (χ4v) is 2.86. The fourth-order valence-electron chi connectivity index (χ4n) is 2.86. The van der Waals surface area contributed by atoms with Gasteiger partial charge in [0.15, 0.2) is 0 Å². The minimum Gasteiger partial charge on any atom is -0.378 e. The van der Waals surface area contributed by atoms with Gasteiger partial charge in [-0.3, -0.25) is 0 Å². The quantitative estimate of drug-likeness (QED) is 0.847. The molecule has 0 saturated carbocycles. The average molecular weight is 265 g/mol. The average Bonchev–Trinajstić information content (AvgIpc) is 2.89. The Hall–Kier alpha value is -0.930. The molecule has 0 spiro atoms. The normalized spacial score (nSPS) is 24.6. The summed E-state index contributed by atoms with van der Waals surface area (Å²) in [6.07, 6.45) is 3.64. The number of rotatable bonds is 6. The number of hydrogen-bond acceptors (Lipinski definition) is 2. The molecule has 0 radical (unpaired) electrons. The molecule has 1 aliphatic heterocycles. The molecule has 3 heteroatoms. The first kappa shape index (κ1) is 14.5. The maximum Gasteiger partial charge on any atom is 0.123 e. The Morgan fingerprint density at radius 1 is 1.32 bits per heavy atom. The molecule has 1 aromatic carbocycles. The highest BCUT2D eigenvalue weighted by Gasteiger charge is 2.26. The van der Waals surface area contributed by atoms with E-state index in [4.69, 9.17) is 4.74 Å². The summed E-state index contributed by atoms with van der Waals surface area (Å²) in [5.41, 5.74) is 1.16. The van der Waals surface area contributed by atoms with Crippen molar-refractivity contribution >= 4 is 0 Å². The number of hydrogen-bond donors (Lipinski definition) is 1. The van der Waals surface area contributed by atoms with Crippen LogP contribution in [0.2, 0.25) is 0 Å². The van der Waals surface area contributed by atoms with Crippen LogP contribution in [0.5, 0.6) is 0 Å². The Labute approximate surface area is 115 Å². The van der Waals surface area contributed by atoms with E-state index in [1.807, 2.05) is 12.1 Å². The van der Waals surface area contributed by atoms with Gasteiger partial charge in [-0.25, -0.2) is 4.39 Å². The van der Waals surface area contributed by atoms with Gasteiger partial charge in [-0.2, -0.15) is 0 Å². The zero-order valence-corrected chi connectivity index (χ0v) is 11.9. The number of benzene rings is 1. The lowest BCUT2D eigenvalue weighted by Gasteiger charge is -2.22. The Morgan fingerprint density at radius 2 is 2.05 bits per heavy atom. The third-order valence-corrected chi connectivity index (χ3v) is 4.06. The van der Waals surface area contributed by atoms with Gasteiger partial charge in [0.25, 0.3) is 0 Å². The fraction of sp³-hybridized carbons (Fsp3) is 0.625. The highest BCUT2D eigenvalue weighted by molar-refractivity contribution is 5.19. The van der Waals surface area contributed by atoms with Crippen LogP contribution in [0.1, 0.15) is 44.7 Å². The topological polar surface area (TPSA) is 21.3 Å². The van der Waals surface area contributed by atoms with Crippen molar-refractivity contribution in [2.75, 3.05) is 13.2 Å². The minimum absolute atomic E-state index is 0.172. The lowest BCUT2D eigenvalue weighted by Crippen LogP contribution is -2.31. The monoisotopic (exact) mass is 265 g/mol. The lowest BCUT2D eigenvalue weighted by atomic mass is 9.98. The van der Waals surface area contributed by atoms with Crippen LogP contribution in [0.4, 0.5) is 4.39 Å². The van der Waals surface area contributed by atoms with Gasteiger partial charge in [-0.05, 0) is 42.9 Å². The van der Waals surface area contributed by atoms with Gasteiger partial charge >= 0.3 is 0 Å². The zero-order valence-electron chi connectivity index (χ0n) is 11.9. The van der Waals surface area contributed by atoms with E-state index in [0.29, 0.717) is 18.1 Å². The first-order chi connectivity index (χ1) is 9.24. The highest BCUT2D eigenvalue weighted by atomic mass is 19.1. The van der Waals surface area contributed by atoms with Gasteiger partial charge in [0.2, 0.25) is 0 Å². The van der Waals surface area contributed by atoms with E-state index in [1.165, 1.54) is 12.1 Å². The minimum atomic E-state index is -0.172. The van der Waals surface area contributed by atoms with E-state index in [9.17, 15) is 4.39 Å². The number of halogens is 1. The predicted molar refractivity (Wildman–Crippen MR) is 75.6 cm³/mol. The molecule has 19 heavy (non-hydrogen) atoms. The van der Waals surface area contributed by atoms with Crippen LogP contribution in [0.3, 0.4) is 0 Å². The van der Waals surface area contributed by atoms with Crippen molar-refractivity contribution in [2.24, 2.45) is 5.92 Å². The Bertz CT molecular complexity index is 379. The molecule has 2 rings (SSSR count). The molecule has 0 aromatic heterocycles. The molecule has 0 bridgehead atoms. The second kappa shape index (κ2) is 7.01. The second-order valence-electron chi connectivity index (χ2n) is 5.29. The van der Waals surface area contributed by atoms with Crippen molar-refractivity contribution in [3.63, 3.8) is 0 Å². The molecule has 1 heterocycles. The zero-order chi connectivity index (χ0) is 13.7. The third kappa shape index (κ3) is 3.77. The second-order valence-corrected chi connectivity index (χ2v) is 5.29. The number of ether oxygens (including phenoxy) is 1. The molecule has 1 N–H and O–H groups in total. The molecule has 1 fully saturated rings. The van der Waals surface area contributed by atoms with Crippen LogP contribution >= 0.6 is 0 Å². The summed E-state index contributed by atoms with van der Waals surface area (Å²) >= 11 is 0. The smallest absolute Gasteiger partial charge is 0.123 e. The highest BCUT2D eigenvalue weighted by Crippen LogP contribution is 2.24. The largest absolute Gasteiger partial charge is 0.378 e. The van der Waals surface area contributed by atoms with Crippen molar-refractivity contribution in [2.45, 2.75) is 45.3 Å². The van der Waals surface area contributed by atoms with Crippen molar-refractivity contribution in [1.29, 1.82) is 0 Å². The standard InChI is InChI=1S/C16H24FNO/c1-3-15(12-5-7-14(17)8-6-12)18-11-13-9-10-19-16(13)4-2/h5-8,13,15-16,18H,3-4,9-11H2,1-2H3. The van der Waals surface area contributed by atoms with Gasteiger partial charge < -0.3 is 10.1 Å². The van der Waals surface area contributed by atoms with Gasteiger partial charge in [-0.15, -0.1) is 0 Å². The maximum absolute atomic E-state index is 12.9. The molecule has 1 aliphatic rings. The molecular weight excluding hydrogens is 241 g/mol. The molecule has 1 saturated heterocycles. The van der Waals surface area contributed by atoms with Gasteiger partial charge in [-0.1, -0.05) is 26.0 Å². The van der Waals surface area contributed by atoms with E-state index in [-0.39, 0.29) is 5.82 Å². The molecule has 0 aliphatic carbocycles. The Kier molecular flexibility index (Phi) is 5.34. The van der Waals surface area contributed by atoms with E-state index >= 15 is 0 Å². The van der Waals surface area contributed by atoms with E-state index in [2.05, 4.69) is 19.2 Å². The Balaban J connectivity index is 1.90. The summed E-state index contributed by atoms with van der Waals surface area (Å²) < 4.78 is 18.7. The van der Waals surface area contributed by atoms with E-state index in [0.717, 1.165) is 38.0 Å². The summed E-state index contributed by atoms with van der Waals surface area (Å²) in [5.74, 6) is 0.438. The van der Waals surface area contributed by atoms with E-state index in [1.54, 1.807) is 0 Å². The van der Waals surface area contributed by atoms with Crippen LogP contribution in [-0.4, -0.2) is 19.3 Å². The molecule has 2 nitrogen and oxygen atoms in total. The molecule has 3 unspecified atom stereocenters. The molecule has 1 aromatic rings. The summed E-state index contributed by atoms with van der Waals surface area (Å²) in [6, 6.07) is 7.12. The van der Waals surface area contributed by atoms with E-state index < -0.39 is 0 Å². The summed E-state index contributed by atoms with van der Waals surface area (Å²) in [7, 11) is 0. The molecule has 106 valence electrons. The van der Waals surface area contributed by atoms with Crippen LogP contribution in [0, 0.1) is 11.7 Å². The van der Waals surface area contributed by atoms with Gasteiger partial charge in [0, 0.05) is 19.2 Å². The van der Waals surface area contributed by atoms with Gasteiger partial charge in [0.1, 0.15) is 5.82 Å². The SMILES string of the molecule is CCC(NCC1CCOC1CC)c1ccc(F)cc1. The van der Waals surface area contributed by atoms with Crippen molar-refractivity contribution in [3.05, 3.63) is 35.6 Å². The summed E-state index contributed by atoms with van der Waals surface area (Å²) in [4.78, 5) is 0. The van der Waals surface area contributed by atoms with Crippen molar-refractivity contribution in [1.82, 2.24) is 5.32 Å². The van der Waals surface area contributed by atoms with Gasteiger partial charge in [0.05, 0.1) is 6.10 Å². The molecular formula is C16H24FNO.